The van der Waals surface area contributed by atoms with Gasteiger partial charge in [-0.2, -0.15) is 5.26 Å². The van der Waals surface area contributed by atoms with Crippen LogP contribution in [0.3, 0.4) is 0 Å². The normalized spacial score (nSPS) is 10.3. The van der Waals surface area contributed by atoms with Crippen molar-refractivity contribution in [3.05, 3.63) is 102 Å². The molecule has 3 aromatic carbocycles. The van der Waals surface area contributed by atoms with E-state index < -0.39 is 0 Å². The van der Waals surface area contributed by atoms with Gasteiger partial charge in [-0.25, -0.2) is 9.13 Å². The number of halogens is 1. The number of nitrogens with zero attached hydrogens (tertiary/aromatic N) is 3. The van der Waals surface area contributed by atoms with E-state index in [1.54, 1.807) is 0 Å². The first-order valence-electron chi connectivity index (χ1n) is 8.34. The smallest absolute Gasteiger partial charge is 0.245 e. The number of nitriles is 1. The van der Waals surface area contributed by atoms with Gasteiger partial charge >= 0.3 is 0 Å². The first-order chi connectivity index (χ1) is 12.3. The van der Waals surface area contributed by atoms with Crippen LogP contribution in [0, 0.1) is 11.3 Å². The SMILES string of the molecule is N#Cc1ccccc1Cn1c[n+](Cc2ccccc2)c2ccccc21.[Br-]. The van der Waals surface area contributed by atoms with Gasteiger partial charge in [0, 0.05) is 5.56 Å². The number of rotatable bonds is 4. The lowest BCUT2D eigenvalue weighted by atomic mass is 10.1. The Morgan fingerprint density at radius 2 is 1.54 bits per heavy atom. The summed E-state index contributed by atoms with van der Waals surface area (Å²) >= 11 is 0. The minimum absolute atomic E-state index is 0. The van der Waals surface area contributed by atoms with Crippen molar-refractivity contribution >= 4 is 11.0 Å². The molecule has 0 radical (unpaired) electrons. The molecule has 0 aliphatic rings. The van der Waals surface area contributed by atoms with E-state index in [9.17, 15) is 5.26 Å². The van der Waals surface area contributed by atoms with Gasteiger partial charge in [0.2, 0.25) is 6.33 Å². The van der Waals surface area contributed by atoms with E-state index in [1.165, 1.54) is 16.6 Å². The number of fused-ring (bicyclic) bond motifs is 1. The lowest BCUT2D eigenvalue weighted by Crippen LogP contribution is -3.00. The summed E-state index contributed by atoms with van der Waals surface area (Å²) in [5, 5.41) is 9.35. The molecule has 0 N–H and O–H groups in total. The number of aromatic nitrogens is 2. The van der Waals surface area contributed by atoms with Crippen LogP contribution in [0.4, 0.5) is 0 Å². The fourth-order valence-corrected chi connectivity index (χ4v) is 3.23. The molecule has 0 amide bonds. The van der Waals surface area contributed by atoms with Gasteiger partial charge in [-0.3, -0.25) is 0 Å². The molecule has 4 heteroatoms. The van der Waals surface area contributed by atoms with Crippen LogP contribution in [0.1, 0.15) is 16.7 Å². The summed E-state index contributed by atoms with van der Waals surface area (Å²) in [7, 11) is 0. The van der Waals surface area contributed by atoms with Crippen LogP contribution in [0.2, 0.25) is 0 Å². The average molecular weight is 404 g/mol. The highest BCUT2D eigenvalue weighted by Crippen LogP contribution is 2.16. The molecule has 1 heterocycles. The Balaban J connectivity index is 0.00000196. The van der Waals surface area contributed by atoms with E-state index in [-0.39, 0.29) is 17.0 Å². The van der Waals surface area contributed by atoms with Gasteiger partial charge in [0.25, 0.3) is 0 Å². The molecule has 0 aliphatic carbocycles. The summed E-state index contributed by atoms with van der Waals surface area (Å²) in [6.07, 6.45) is 2.14. The van der Waals surface area contributed by atoms with Crippen LogP contribution in [0.25, 0.3) is 11.0 Å². The fraction of sp³-hybridized carbons (Fsp3) is 0.0909. The number of benzene rings is 3. The van der Waals surface area contributed by atoms with Gasteiger partial charge in [0.05, 0.1) is 11.6 Å². The Bertz CT molecular complexity index is 1060. The van der Waals surface area contributed by atoms with Crippen molar-refractivity contribution < 1.29 is 21.5 Å². The molecule has 0 spiro atoms. The van der Waals surface area contributed by atoms with E-state index >= 15 is 0 Å². The van der Waals surface area contributed by atoms with Crippen LogP contribution < -0.4 is 21.5 Å². The molecule has 4 aromatic rings. The van der Waals surface area contributed by atoms with Crippen LogP contribution in [0.15, 0.2) is 85.2 Å². The molecule has 0 fully saturated rings. The molecule has 0 atom stereocenters. The second-order valence-corrected chi connectivity index (χ2v) is 6.11. The quantitative estimate of drug-likeness (QED) is 0.466. The molecule has 26 heavy (non-hydrogen) atoms. The Kier molecular flexibility index (Phi) is 5.50. The maximum Gasteiger partial charge on any atom is 0.245 e. The molecule has 128 valence electrons. The zero-order chi connectivity index (χ0) is 17.1. The van der Waals surface area contributed by atoms with E-state index in [0.717, 1.165) is 17.7 Å². The average Bonchev–Trinajstić information content (AvgIpc) is 3.01. The summed E-state index contributed by atoms with van der Waals surface area (Å²) in [4.78, 5) is 0. The Morgan fingerprint density at radius 1 is 0.846 bits per heavy atom. The molecular weight excluding hydrogens is 386 g/mol. The molecular formula is C22H18BrN3. The van der Waals surface area contributed by atoms with Crippen LogP contribution in [-0.2, 0) is 13.1 Å². The predicted octanol–water partition coefficient (Wildman–Crippen LogP) is 0.901. The molecule has 1 aromatic heterocycles. The Morgan fingerprint density at radius 3 is 2.35 bits per heavy atom. The largest absolute Gasteiger partial charge is 1.00 e. The third-order valence-corrected chi connectivity index (χ3v) is 4.45. The third-order valence-electron chi connectivity index (χ3n) is 4.45. The van der Waals surface area contributed by atoms with Crippen molar-refractivity contribution in [2.24, 2.45) is 0 Å². The van der Waals surface area contributed by atoms with Crippen molar-refractivity contribution in [3.8, 4) is 6.07 Å². The first kappa shape index (κ1) is 17.9. The zero-order valence-electron chi connectivity index (χ0n) is 14.2. The van der Waals surface area contributed by atoms with Crippen molar-refractivity contribution in [1.29, 1.82) is 5.26 Å². The molecule has 0 saturated carbocycles. The number of imidazole rings is 1. The molecule has 0 saturated heterocycles. The number of hydrogen-bond acceptors (Lipinski definition) is 1. The van der Waals surface area contributed by atoms with Crippen molar-refractivity contribution in [2.75, 3.05) is 0 Å². The molecule has 0 bridgehead atoms. The Labute approximate surface area is 163 Å². The highest BCUT2D eigenvalue weighted by molar-refractivity contribution is 5.71. The standard InChI is InChI=1S/C22H18N3.BrH/c23-14-19-10-4-5-11-20(19)16-25-17-24(15-18-8-2-1-3-9-18)21-12-6-7-13-22(21)25;/h1-13,17H,15-16H2;1H/q+1;/p-1. The number of para-hydroxylation sites is 2. The minimum atomic E-state index is 0. The third kappa shape index (κ3) is 3.54. The van der Waals surface area contributed by atoms with E-state index in [0.29, 0.717) is 6.54 Å². The summed E-state index contributed by atoms with van der Waals surface area (Å²) in [6.45, 7) is 1.51. The van der Waals surface area contributed by atoms with Crippen molar-refractivity contribution in [3.63, 3.8) is 0 Å². The molecule has 3 nitrogen and oxygen atoms in total. The van der Waals surface area contributed by atoms with Gasteiger partial charge in [0.15, 0.2) is 11.0 Å². The van der Waals surface area contributed by atoms with E-state index in [1.807, 2.05) is 30.3 Å². The Hall–Kier alpha value is -2.90. The first-order valence-corrected chi connectivity index (χ1v) is 8.34. The molecule has 4 rings (SSSR count). The van der Waals surface area contributed by atoms with Crippen LogP contribution in [-0.4, -0.2) is 4.57 Å². The monoisotopic (exact) mass is 403 g/mol. The van der Waals surface area contributed by atoms with Gasteiger partial charge in [-0.15, -0.1) is 0 Å². The van der Waals surface area contributed by atoms with Gasteiger partial charge in [0.1, 0.15) is 13.1 Å². The second-order valence-electron chi connectivity index (χ2n) is 6.11. The molecule has 0 aliphatic heterocycles. The summed E-state index contributed by atoms with van der Waals surface area (Å²) in [5.41, 5.74) is 5.41. The lowest BCUT2D eigenvalue weighted by Gasteiger charge is -2.01. The highest BCUT2D eigenvalue weighted by atomic mass is 79.9. The summed E-state index contributed by atoms with van der Waals surface area (Å²) in [5.74, 6) is 0. The van der Waals surface area contributed by atoms with Crippen LogP contribution >= 0.6 is 0 Å². The summed E-state index contributed by atoms with van der Waals surface area (Å²) < 4.78 is 4.48. The number of hydrogen-bond donors (Lipinski definition) is 0. The topological polar surface area (TPSA) is 32.6 Å². The minimum Gasteiger partial charge on any atom is -1.00 e. The molecule has 0 unspecified atom stereocenters. The van der Waals surface area contributed by atoms with E-state index in [4.69, 9.17) is 0 Å². The van der Waals surface area contributed by atoms with Gasteiger partial charge in [-0.1, -0.05) is 60.7 Å². The predicted molar refractivity (Wildman–Crippen MR) is 97.9 cm³/mol. The van der Waals surface area contributed by atoms with Gasteiger partial charge < -0.3 is 17.0 Å². The maximum atomic E-state index is 9.35. The highest BCUT2D eigenvalue weighted by Gasteiger charge is 2.16. The second kappa shape index (κ2) is 7.99. The zero-order valence-corrected chi connectivity index (χ0v) is 15.8. The van der Waals surface area contributed by atoms with Crippen LogP contribution in [0.5, 0.6) is 0 Å². The lowest BCUT2D eigenvalue weighted by molar-refractivity contribution is -0.663. The van der Waals surface area contributed by atoms with Crippen molar-refractivity contribution in [2.45, 2.75) is 13.1 Å². The summed E-state index contributed by atoms with van der Waals surface area (Å²) in [6, 6.07) is 28.9. The van der Waals surface area contributed by atoms with Crippen molar-refractivity contribution in [1.82, 2.24) is 4.57 Å². The maximum absolute atomic E-state index is 9.35. The van der Waals surface area contributed by atoms with Gasteiger partial charge in [-0.05, 0) is 23.8 Å². The van der Waals surface area contributed by atoms with E-state index in [2.05, 4.69) is 70.1 Å². The fourth-order valence-electron chi connectivity index (χ4n) is 3.23.